The molecular weight excluding hydrogens is 172 g/mol. The summed E-state index contributed by atoms with van der Waals surface area (Å²) in [7, 11) is 0. The second kappa shape index (κ2) is 4.78. The maximum Gasteiger partial charge on any atom is 0.0995 e. The molecule has 0 bridgehead atoms. The van der Waals surface area contributed by atoms with Crippen molar-refractivity contribution in [1.29, 1.82) is 5.26 Å². The first-order valence-electron chi connectivity index (χ1n) is 4.86. The van der Waals surface area contributed by atoms with Gasteiger partial charge in [-0.25, -0.2) is 0 Å². The van der Waals surface area contributed by atoms with Crippen molar-refractivity contribution in [3.8, 4) is 6.07 Å². The normalized spacial score (nSPS) is 10.2. The Morgan fingerprint density at radius 1 is 1.43 bits per heavy atom. The molecule has 2 heteroatoms. The van der Waals surface area contributed by atoms with Crippen LogP contribution in [0.2, 0.25) is 0 Å². The number of rotatable bonds is 3. The molecule has 74 valence electrons. The topological polar surface area (TPSA) is 35.8 Å². The van der Waals surface area contributed by atoms with E-state index >= 15 is 0 Å². The van der Waals surface area contributed by atoms with Crippen LogP contribution < -0.4 is 5.32 Å². The summed E-state index contributed by atoms with van der Waals surface area (Å²) in [6.45, 7) is 6.96. The Labute approximate surface area is 85.6 Å². The number of nitriles is 1. The molecule has 0 atom stereocenters. The van der Waals surface area contributed by atoms with Crippen LogP contribution in [0.5, 0.6) is 0 Å². The molecule has 1 rings (SSSR count). The Bertz CT molecular complexity index is 348. The van der Waals surface area contributed by atoms with Crippen LogP contribution in [0, 0.1) is 18.3 Å². The summed E-state index contributed by atoms with van der Waals surface area (Å²) in [4.78, 5) is 0. The van der Waals surface area contributed by atoms with Gasteiger partial charge in [0.25, 0.3) is 0 Å². The van der Waals surface area contributed by atoms with E-state index in [1.807, 2.05) is 25.1 Å². The van der Waals surface area contributed by atoms with E-state index in [1.165, 1.54) is 0 Å². The number of benzene rings is 1. The van der Waals surface area contributed by atoms with Crippen molar-refractivity contribution >= 4 is 0 Å². The highest BCUT2D eigenvalue weighted by molar-refractivity contribution is 5.40. The molecule has 0 aliphatic heterocycles. The van der Waals surface area contributed by atoms with Crippen molar-refractivity contribution < 1.29 is 0 Å². The van der Waals surface area contributed by atoms with Gasteiger partial charge in [0.1, 0.15) is 0 Å². The largest absolute Gasteiger partial charge is 0.310 e. The smallest absolute Gasteiger partial charge is 0.0995 e. The van der Waals surface area contributed by atoms with Gasteiger partial charge in [0.15, 0.2) is 0 Å². The van der Waals surface area contributed by atoms with Gasteiger partial charge in [-0.1, -0.05) is 26.0 Å². The Kier molecular flexibility index (Phi) is 3.67. The highest BCUT2D eigenvalue weighted by Gasteiger charge is 2.02. The van der Waals surface area contributed by atoms with E-state index in [1.54, 1.807) is 0 Å². The van der Waals surface area contributed by atoms with Gasteiger partial charge in [0, 0.05) is 12.6 Å². The molecule has 0 aliphatic rings. The summed E-state index contributed by atoms with van der Waals surface area (Å²) in [6.07, 6.45) is 0. The van der Waals surface area contributed by atoms with Crippen LogP contribution in [0.15, 0.2) is 18.2 Å². The highest BCUT2D eigenvalue weighted by atomic mass is 14.9. The lowest BCUT2D eigenvalue weighted by molar-refractivity contribution is 0.588. The molecule has 1 aromatic rings. The Morgan fingerprint density at radius 2 is 2.14 bits per heavy atom. The number of nitrogens with one attached hydrogen (secondary N) is 1. The number of hydrogen-bond acceptors (Lipinski definition) is 2. The van der Waals surface area contributed by atoms with Gasteiger partial charge in [-0.15, -0.1) is 0 Å². The quantitative estimate of drug-likeness (QED) is 0.790. The zero-order chi connectivity index (χ0) is 10.6. The average molecular weight is 188 g/mol. The van der Waals surface area contributed by atoms with Crippen LogP contribution >= 0.6 is 0 Å². The van der Waals surface area contributed by atoms with Gasteiger partial charge < -0.3 is 5.32 Å². The van der Waals surface area contributed by atoms with E-state index in [0.717, 1.165) is 23.2 Å². The minimum Gasteiger partial charge on any atom is -0.310 e. The molecule has 0 fully saturated rings. The van der Waals surface area contributed by atoms with E-state index in [0.29, 0.717) is 6.04 Å². The minimum absolute atomic E-state index is 0.447. The summed E-state index contributed by atoms with van der Waals surface area (Å²) >= 11 is 0. The molecule has 0 unspecified atom stereocenters. The predicted molar refractivity (Wildman–Crippen MR) is 57.9 cm³/mol. The monoisotopic (exact) mass is 188 g/mol. The fourth-order valence-electron chi connectivity index (χ4n) is 1.26. The Hall–Kier alpha value is -1.33. The third-order valence-corrected chi connectivity index (χ3v) is 2.09. The molecule has 0 spiro atoms. The molecule has 1 aromatic carbocycles. The fourth-order valence-corrected chi connectivity index (χ4v) is 1.26. The van der Waals surface area contributed by atoms with Gasteiger partial charge in [-0.05, 0) is 24.1 Å². The molecular formula is C12H16N2. The van der Waals surface area contributed by atoms with Gasteiger partial charge in [0.2, 0.25) is 0 Å². The zero-order valence-electron chi connectivity index (χ0n) is 8.96. The number of nitrogens with zero attached hydrogens (tertiary/aromatic N) is 1. The zero-order valence-corrected chi connectivity index (χ0v) is 8.96. The lowest BCUT2D eigenvalue weighted by Gasteiger charge is -2.09. The first-order chi connectivity index (χ1) is 6.63. The molecule has 0 amide bonds. The molecule has 14 heavy (non-hydrogen) atoms. The standard InChI is InChI=1S/C12H16N2/c1-9(2)14-8-11-5-4-10(3)6-12(11)7-13/h4-6,9,14H,8H2,1-3H3. The fraction of sp³-hybridized carbons (Fsp3) is 0.417. The first kappa shape index (κ1) is 10.7. The molecule has 1 N–H and O–H groups in total. The molecule has 0 saturated heterocycles. The molecule has 0 heterocycles. The van der Waals surface area contributed by atoms with Gasteiger partial charge in [0.05, 0.1) is 11.6 Å². The molecule has 0 saturated carbocycles. The van der Waals surface area contributed by atoms with Gasteiger partial charge in [-0.2, -0.15) is 5.26 Å². The average Bonchev–Trinajstić information content (AvgIpc) is 2.15. The SMILES string of the molecule is Cc1ccc(CNC(C)C)c(C#N)c1. The summed E-state index contributed by atoms with van der Waals surface area (Å²) in [5.41, 5.74) is 2.99. The second-order valence-corrected chi connectivity index (χ2v) is 3.81. The van der Waals surface area contributed by atoms with Crippen LogP contribution in [0.1, 0.15) is 30.5 Å². The van der Waals surface area contributed by atoms with Crippen molar-refractivity contribution in [2.45, 2.75) is 33.4 Å². The number of hydrogen-bond donors (Lipinski definition) is 1. The number of aryl methyl sites for hydroxylation is 1. The summed E-state index contributed by atoms with van der Waals surface area (Å²) < 4.78 is 0. The Balaban J connectivity index is 2.82. The maximum atomic E-state index is 8.93. The van der Waals surface area contributed by atoms with Crippen LogP contribution in [0.4, 0.5) is 0 Å². The van der Waals surface area contributed by atoms with E-state index in [-0.39, 0.29) is 0 Å². The van der Waals surface area contributed by atoms with Gasteiger partial charge in [-0.3, -0.25) is 0 Å². The third-order valence-electron chi connectivity index (χ3n) is 2.09. The maximum absolute atomic E-state index is 8.93. The van der Waals surface area contributed by atoms with E-state index in [2.05, 4.69) is 25.2 Å². The van der Waals surface area contributed by atoms with Crippen molar-refractivity contribution in [3.63, 3.8) is 0 Å². The lowest BCUT2D eigenvalue weighted by atomic mass is 10.1. The van der Waals surface area contributed by atoms with Crippen molar-refractivity contribution in [2.24, 2.45) is 0 Å². The highest BCUT2D eigenvalue weighted by Crippen LogP contribution is 2.10. The predicted octanol–water partition coefficient (Wildman–Crippen LogP) is 2.36. The van der Waals surface area contributed by atoms with E-state index in [9.17, 15) is 0 Å². The van der Waals surface area contributed by atoms with Crippen molar-refractivity contribution in [3.05, 3.63) is 34.9 Å². The summed E-state index contributed by atoms with van der Waals surface area (Å²) in [6, 6.07) is 8.65. The minimum atomic E-state index is 0.447. The molecule has 2 nitrogen and oxygen atoms in total. The van der Waals surface area contributed by atoms with Gasteiger partial charge >= 0.3 is 0 Å². The molecule has 0 aromatic heterocycles. The third kappa shape index (κ3) is 2.86. The summed E-state index contributed by atoms with van der Waals surface area (Å²) in [5.74, 6) is 0. The lowest BCUT2D eigenvalue weighted by Crippen LogP contribution is -2.22. The van der Waals surface area contributed by atoms with E-state index in [4.69, 9.17) is 5.26 Å². The van der Waals surface area contributed by atoms with Crippen LogP contribution in [-0.2, 0) is 6.54 Å². The second-order valence-electron chi connectivity index (χ2n) is 3.81. The Morgan fingerprint density at radius 3 is 2.71 bits per heavy atom. The molecule has 0 radical (unpaired) electrons. The van der Waals surface area contributed by atoms with Crippen molar-refractivity contribution in [1.82, 2.24) is 5.32 Å². The first-order valence-corrected chi connectivity index (χ1v) is 4.86. The molecule has 0 aliphatic carbocycles. The summed E-state index contributed by atoms with van der Waals surface area (Å²) in [5, 5.41) is 12.2. The van der Waals surface area contributed by atoms with Crippen LogP contribution in [0.25, 0.3) is 0 Å². The van der Waals surface area contributed by atoms with Crippen LogP contribution in [0.3, 0.4) is 0 Å². The van der Waals surface area contributed by atoms with Crippen LogP contribution in [-0.4, -0.2) is 6.04 Å². The van der Waals surface area contributed by atoms with Crippen molar-refractivity contribution in [2.75, 3.05) is 0 Å². The van der Waals surface area contributed by atoms with E-state index < -0.39 is 0 Å².